The zero-order chi connectivity index (χ0) is 20.7. The minimum Gasteiger partial charge on any atom is -0.486 e. The summed E-state index contributed by atoms with van der Waals surface area (Å²) in [6.07, 6.45) is 2.04. The molecule has 0 saturated carbocycles. The number of aromatic nitrogens is 1. The maximum atomic E-state index is 13.3. The van der Waals surface area contributed by atoms with Crippen LogP contribution in [0.3, 0.4) is 0 Å². The van der Waals surface area contributed by atoms with Crippen LogP contribution in [-0.2, 0) is 0 Å². The van der Waals surface area contributed by atoms with Gasteiger partial charge in [-0.05, 0) is 70.3 Å². The number of rotatable bonds is 5. The van der Waals surface area contributed by atoms with E-state index < -0.39 is 0 Å². The first-order chi connectivity index (χ1) is 13.9. The Bertz CT molecular complexity index is 962. The smallest absolute Gasteiger partial charge is 0.196 e. The second kappa shape index (κ2) is 7.67. The summed E-state index contributed by atoms with van der Waals surface area (Å²) in [5.41, 5.74) is 3.84. The summed E-state index contributed by atoms with van der Waals surface area (Å²) in [7, 11) is 0. The first kappa shape index (κ1) is 19.7. The molecule has 1 N–H and O–H groups in total. The van der Waals surface area contributed by atoms with Crippen LogP contribution in [0.5, 0.6) is 11.5 Å². The number of hydrogen-bond donors (Lipinski definition) is 1. The lowest BCUT2D eigenvalue weighted by Gasteiger charge is -2.30. The third kappa shape index (κ3) is 3.46. The Balaban J connectivity index is 1.60. The van der Waals surface area contributed by atoms with E-state index in [-0.39, 0.29) is 23.7 Å². The molecule has 0 spiro atoms. The van der Waals surface area contributed by atoms with Crippen LogP contribution in [0.1, 0.15) is 70.4 Å². The van der Waals surface area contributed by atoms with Crippen molar-refractivity contribution in [2.45, 2.75) is 52.6 Å². The molecule has 29 heavy (non-hydrogen) atoms. The van der Waals surface area contributed by atoms with Crippen LogP contribution in [0.15, 0.2) is 18.2 Å². The van der Waals surface area contributed by atoms with E-state index >= 15 is 0 Å². The van der Waals surface area contributed by atoms with Gasteiger partial charge in [0.2, 0.25) is 0 Å². The lowest BCUT2D eigenvalue weighted by molar-refractivity contribution is 0.0814. The van der Waals surface area contributed by atoms with Crippen LogP contribution >= 0.6 is 0 Å². The van der Waals surface area contributed by atoms with Gasteiger partial charge in [-0.15, -0.1) is 0 Å². The van der Waals surface area contributed by atoms with Crippen LogP contribution < -0.4 is 9.47 Å². The molecule has 0 bridgehead atoms. The molecule has 1 aromatic carbocycles. The molecule has 0 aliphatic carbocycles. The molecular weight excluding hydrogens is 368 g/mol. The third-order valence-corrected chi connectivity index (χ3v) is 6.16. The standard InChI is InChI=1S/C23H28N2O4/c1-13-21(16(4)26)14(2)24-22(13)23(27)15(3)25-9-5-6-18(25)17-7-8-19-20(12-17)29-11-10-28-19/h7-8,12,15,18,24H,5-6,9-11H2,1-4H3/t15-,18-/m0/s1. The molecule has 1 aromatic heterocycles. The maximum absolute atomic E-state index is 13.3. The molecule has 2 aliphatic rings. The van der Waals surface area contributed by atoms with Crippen molar-refractivity contribution in [1.29, 1.82) is 0 Å². The molecule has 4 rings (SSSR count). The van der Waals surface area contributed by atoms with Gasteiger partial charge in [0.15, 0.2) is 23.1 Å². The van der Waals surface area contributed by atoms with Crippen LogP contribution in [0.2, 0.25) is 0 Å². The van der Waals surface area contributed by atoms with E-state index in [2.05, 4.69) is 16.0 Å². The molecule has 0 amide bonds. The number of Topliss-reactive ketones (excluding diaryl/α,β-unsaturated/α-hetero) is 2. The number of ketones is 2. The summed E-state index contributed by atoms with van der Waals surface area (Å²) < 4.78 is 11.4. The highest BCUT2D eigenvalue weighted by molar-refractivity contribution is 6.05. The van der Waals surface area contributed by atoms with Crippen molar-refractivity contribution < 1.29 is 19.1 Å². The van der Waals surface area contributed by atoms with E-state index in [1.807, 2.05) is 32.9 Å². The molecule has 1 fully saturated rings. The molecule has 1 saturated heterocycles. The van der Waals surface area contributed by atoms with Gasteiger partial charge in [-0.1, -0.05) is 6.07 Å². The molecule has 2 aliphatic heterocycles. The van der Waals surface area contributed by atoms with Crippen molar-refractivity contribution in [1.82, 2.24) is 9.88 Å². The normalized spacial score (nSPS) is 19.9. The monoisotopic (exact) mass is 396 g/mol. The van der Waals surface area contributed by atoms with Crippen LogP contribution in [-0.4, -0.2) is 47.3 Å². The number of likely N-dealkylation sites (tertiary alicyclic amines) is 1. The zero-order valence-corrected chi connectivity index (χ0v) is 17.5. The minimum atomic E-state index is -0.285. The van der Waals surface area contributed by atoms with Gasteiger partial charge < -0.3 is 14.5 Å². The van der Waals surface area contributed by atoms with E-state index in [0.717, 1.165) is 47.7 Å². The fraction of sp³-hybridized carbons (Fsp3) is 0.478. The Morgan fingerprint density at radius 2 is 1.90 bits per heavy atom. The minimum absolute atomic E-state index is 0.0155. The molecule has 3 heterocycles. The van der Waals surface area contributed by atoms with Crippen molar-refractivity contribution >= 4 is 11.6 Å². The van der Waals surface area contributed by atoms with Crippen LogP contribution in [0.25, 0.3) is 0 Å². The summed E-state index contributed by atoms with van der Waals surface area (Å²) in [4.78, 5) is 30.7. The number of ether oxygens (including phenoxy) is 2. The van der Waals surface area contributed by atoms with E-state index in [1.54, 1.807) is 6.92 Å². The van der Waals surface area contributed by atoms with Crippen molar-refractivity contribution in [2.75, 3.05) is 19.8 Å². The number of benzene rings is 1. The quantitative estimate of drug-likeness (QED) is 0.773. The number of fused-ring (bicyclic) bond motifs is 1. The summed E-state index contributed by atoms with van der Waals surface area (Å²) in [5.74, 6) is 1.57. The lowest BCUT2D eigenvalue weighted by atomic mass is 9.99. The highest BCUT2D eigenvalue weighted by Crippen LogP contribution is 2.39. The summed E-state index contributed by atoms with van der Waals surface area (Å²) in [6, 6.07) is 5.96. The fourth-order valence-corrected chi connectivity index (χ4v) is 4.76. The Kier molecular flexibility index (Phi) is 5.21. The van der Waals surface area contributed by atoms with Crippen molar-refractivity contribution in [3.63, 3.8) is 0 Å². The molecule has 6 heteroatoms. The largest absolute Gasteiger partial charge is 0.486 e. The Morgan fingerprint density at radius 1 is 1.17 bits per heavy atom. The zero-order valence-electron chi connectivity index (χ0n) is 17.5. The number of nitrogens with zero attached hydrogens (tertiary/aromatic N) is 1. The first-order valence-electron chi connectivity index (χ1n) is 10.3. The van der Waals surface area contributed by atoms with Crippen molar-refractivity contribution in [3.8, 4) is 11.5 Å². The van der Waals surface area contributed by atoms with Gasteiger partial charge in [-0.3, -0.25) is 14.5 Å². The SMILES string of the molecule is CC(=O)c1c(C)[nH]c(C(=O)[C@H](C)N2CCC[C@H]2c2ccc3c(c2)OCCO3)c1C. The highest BCUT2D eigenvalue weighted by Gasteiger charge is 2.35. The van der Waals surface area contributed by atoms with Crippen molar-refractivity contribution in [2.24, 2.45) is 0 Å². The second-order valence-electron chi connectivity index (χ2n) is 8.02. The fourth-order valence-electron chi connectivity index (χ4n) is 4.76. The number of hydrogen-bond acceptors (Lipinski definition) is 5. The number of aryl methyl sites for hydroxylation is 1. The Morgan fingerprint density at radius 3 is 2.59 bits per heavy atom. The topological polar surface area (TPSA) is 71.6 Å². The number of carbonyl (C=O) groups is 2. The lowest BCUT2D eigenvalue weighted by Crippen LogP contribution is -2.39. The molecule has 2 atom stereocenters. The summed E-state index contributed by atoms with van der Waals surface area (Å²) in [5, 5.41) is 0. The van der Waals surface area contributed by atoms with E-state index in [1.165, 1.54) is 0 Å². The highest BCUT2D eigenvalue weighted by atomic mass is 16.6. The predicted molar refractivity (Wildman–Crippen MR) is 110 cm³/mol. The summed E-state index contributed by atoms with van der Waals surface area (Å²) in [6.45, 7) is 9.20. The molecule has 154 valence electrons. The average Bonchev–Trinajstić information content (AvgIpc) is 3.30. The van der Waals surface area contributed by atoms with E-state index in [4.69, 9.17) is 9.47 Å². The first-order valence-corrected chi connectivity index (χ1v) is 10.3. The van der Waals surface area contributed by atoms with Crippen molar-refractivity contribution in [3.05, 3.63) is 46.3 Å². The maximum Gasteiger partial charge on any atom is 0.196 e. The molecule has 0 radical (unpaired) electrons. The predicted octanol–water partition coefficient (Wildman–Crippen LogP) is 4.01. The average molecular weight is 396 g/mol. The van der Waals surface area contributed by atoms with Crippen LogP contribution in [0, 0.1) is 13.8 Å². The summed E-state index contributed by atoms with van der Waals surface area (Å²) >= 11 is 0. The van der Waals surface area contributed by atoms with Gasteiger partial charge in [0.05, 0.1) is 11.7 Å². The molecule has 2 aromatic rings. The van der Waals surface area contributed by atoms with E-state index in [9.17, 15) is 9.59 Å². The van der Waals surface area contributed by atoms with Gasteiger partial charge in [-0.2, -0.15) is 0 Å². The Labute approximate surface area is 171 Å². The molecular formula is C23H28N2O4. The number of carbonyl (C=O) groups excluding carboxylic acids is 2. The van der Waals surface area contributed by atoms with Gasteiger partial charge >= 0.3 is 0 Å². The van der Waals surface area contributed by atoms with Crippen LogP contribution in [0.4, 0.5) is 0 Å². The van der Waals surface area contributed by atoms with Gasteiger partial charge in [0, 0.05) is 17.3 Å². The third-order valence-electron chi connectivity index (χ3n) is 6.16. The molecule has 0 unspecified atom stereocenters. The molecule has 6 nitrogen and oxygen atoms in total. The van der Waals surface area contributed by atoms with Gasteiger partial charge in [0.25, 0.3) is 0 Å². The number of H-pyrrole nitrogens is 1. The number of aromatic amines is 1. The second-order valence-corrected chi connectivity index (χ2v) is 8.02. The van der Waals surface area contributed by atoms with Gasteiger partial charge in [-0.25, -0.2) is 0 Å². The Hall–Kier alpha value is -2.60. The number of nitrogens with one attached hydrogen (secondary N) is 1. The van der Waals surface area contributed by atoms with E-state index in [0.29, 0.717) is 24.5 Å². The van der Waals surface area contributed by atoms with Gasteiger partial charge in [0.1, 0.15) is 13.2 Å².